The Labute approximate surface area is 166 Å². The molecule has 0 aliphatic heterocycles. The van der Waals surface area contributed by atoms with Gasteiger partial charge in [-0.1, -0.05) is 18.2 Å². The Kier molecular flexibility index (Phi) is 7.42. The molecule has 0 aromatic heterocycles. The number of nitrogens with zero attached hydrogens (tertiary/aromatic N) is 1. The second-order valence-corrected chi connectivity index (χ2v) is 7.92. The predicted molar refractivity (Wildman–Crippen MR) is 105 cm³/mol. The third kappa shape index (κ3) is 5.46. The lowest BCUT2D eigenvalue weighted by molar-refractivity contribution is -0.137. The summed E-state index contributed by atoms with van der Waals surface area (Å²) in [7, 11) is -1.08. The molecule has 7 nitrogen and oxygen atoms in total. The maximum absolute atomic E-state index is 12.6. The molecular weight excluding hydrogens is 382 g/mol. The summed E-state index contributed by atoms with van der Waals surface area (Å²) in [6, 6.07) is 12.6. The molecule has 0 bridgehead atoms. The Morgan fingerprint density at radius 3 is 2.25 bits per heavy atom. The monoisotopic (exact) mass is 407 g/mol. The van der Waals surface area contributed by atoms with Crippen molar-refractivity contribution >= 4 is 16.0 Å². The first-order valence-corrected chi connectivity index (χ1v) is 10.1. The zero-order chi connectivity index (χ0) is 20.7. The van der Waals surface area contributed by atoms with Gasteiger partial charge in [0, 0.05) is 25.3 Å². The van der Waals surface area contributed by atoms with Gasteiger partial charge >= 0.3 is 10.1 Å². The van der Waals surface area contributed by atoms with Crippen LogP contribution in [0.25, 0.3) is 0 Å². The number of carbonyl (C=O) groups excluding carboxylic acids is 1. The van der Waals surface area contributed by atoms with Crippen LogP contribution in [0.4, 0.5) is 0 Å². The summed E-state index contributed by atoms with van der Waals surface area (Å²) in [6.45, 7) is 3.91. The van der Waals surface area contributed by atoms with Gasteiger partial charge in [0.2, 0.25) is 5.91 Å². The molecule has 0 radical (unpaired) electrons. The number of amides is 1. The van der Waals surface area contributed by atoms with E-state index in [0.29, 0.717) is 11.3 Å². The highest BCUT2D eigenvalue weighted by molar-refractivity contribution is 7.87. The van der Waals surface area contributed by atoms with Crippen LogP contribution in [0.3, 0.4) is 0 Å². The van der Waals surface area contributed by atoms with Crippen molar-refractivity contribution in [2.24, 2.45) is 0 Å². The minimum absolute atomic E-state index is 0.0132. The zero-order valence-corrected chi connectivity index (χ0v) is 17.2. The number of hydrogen-bond donors (Lipinski definition) is 0. The van der Waals surface area contributed by atoms with E-state index in [4.69, 9.17) is 13.7 Å². The van der Waals surface area contributed by atoms with Gasteiger partial charge in [0.15, 0.2) is 0 Å². The molecule has 0 unspecified atom stereocenters. The van der Waals surface area contributed by atoms with Crippen LogP contribution in [-0.4, -0.2) is 46.1 Å². The number of para-hydroxylation sites is 1. The van der Waals surface area contributed by atoms with Crippen LogP contribution in [0.15, 0.2) is 53.4 Å². The molecule has 0 N–H and O–H groups in total. The van der Waals surface area contributed by atoms with Gasteiger partial charge in [-0.2, -0.15) is 8.42 Å². The number of hydrogen-bond acceptors (Lipinski definition) is 6. The van der Waals surface area contributed by atoms with Crippen molar-refractivity contribution in [3.8, 4) is 11.5 Å². The summed E-state index contributed by atoms with van der Waals surface area (Å²) >= 11 is 0. The highest BCUT2D eigenvalue weighted by Gasteiger charge is 2.22. The molecule has 28 heavy (non-hydrogen) atoms. The van der Waals surface area contributed by atoms with E-state index in [1.165, 1.54) is 26.4 Å². The fourth-order valence-electron chi connectivity index (χ4n) is 2.57. The van der Waals surface area contributed by atoms with E-state index in [1.54, 1.807) is 41.3 Å². The van der Waals surface area contributed by atoms with E-state index in [9.17, 15) is 13.2 Å². The second-order valence-electron chi connectivity index (χ2n) is 6.37. The van der Waals surface area contributed by atoms with E-state index < -0.39 is 10.1 Å². The van der Waals surface area contributed by atoms with E-state index in [0.717, 1.165) is 0 Å². The topological polar surface area (TPSA) is 82.1 Å². The van der Waals surface area contributed by atoms with Gasteiger partial charge in [0.1, 0.15) is 23.0 Å². The molecule has 1 amide bonds. The third-order valence-electron chi connectivity index (χ3n) is 4.07. The minimum Gasteiger partial charge on any atom is -0.497 e. The average Bonchev–Trinajstić information content (AvgIpc) is 2.67. The third-order valence-corrected chi connectivity index (χ3v) is 5.32. The smallest absolute Gasteiger partial charge is 0.339 e. The Morgan fingerprint density at radius 1 is 1.04 bits per heavy atom. The molecule has 0 aliphatic rings. The highest BCUT2D eigenvalue weighted by Crippen LogP contribution is 2.26. The Balaban J connectivity index is 2.28. The van der Waals surface area contributed by atoms with Crippen molar-refractivity contribution in [2.45, 2.75) is 31.3 Å². The number of ether oxygens (including phenoxy) is 2. The number of benzene rings is 2. The standard InChI is InChI=1S/C20H25NO6S/c1-15(2)21(20(22)14-25-3)13-16-7-5-6-8-19(16)27-28(23,24)18-11-9-17(26-4)10-12-18/h5-12,15H,13-14H2,1-4H3. The summed E-state index contributed by atoms with van der Waals surface area (Å²) in [6.07, 6.45) is 0. The van der Waals surface area contributed by atoms with Crippen molar-refractivity contribution in [2.75, 3.05) is 20.8 Å². The predicted octanol–water partition coefficient (Wildman–Crippen LogP) is 2.85. The normalized spacial score (nSPS) is 11.3. The molecule has 0 saturated carbocycles. The van der Waals surface area contributed by atoms with Crippen LogP contribution in [0, 0.1) is 0 Å². The van der Waals surface area contributed by atoms with Crippen LogP contribution in [0.1, 0.15) is 19.4 Å². The molecule has 0 fully saturated rings. The van der Waals surface area contributed by atoms with Gasteiger partial charge in [-0.15, -0.1) is 0 Å². The Morgan fingerprint density at radius 2 is 1.68 bits per heavy atom. The van der Waals surface area contributed by atoms with Crippen LogP contribution >= 0.6 is 0 Å². The first kappa shape index (κ1) is 21.7. The van der Waals surface area contributed by atoms with Gasteiger partial charge in [-0.05, 0) is 44.2 Å². The van der Waals surface area contributed by atoms with Crippen molar-refractivity contribution in [1.82, 2.24) is 4.90 Å². The van der Waals surface area contributed by atoms with Gasteiger partial charge in [0.05, 0.1) is 7.11 Å². The van der Waals surface area contributed by atoms with Crippen molar-refractivity contribution in [3.63, 3.8) is 0 Å². The average molecular weight is 407 g/mol. The van der Waals surface area contributed by atoms with Gasteiger partial charge < -0.3 is 18.6 Å². The highest BCUT2D eigenvalue weighted by atomic mass is 32.2. The summed E-state index contributed by atoms with van der Waals surface area (Å²) < 4.78 is 40.6. The van der Waals surface area contributed by atoms with Crippen molar-refractivity contribution in [3.05, 3.63) is 54.1 Å². The van der Waals surface area contributed by atoms with Crippen LogP contribution in [0.5, 0.6) is 11.5 Å². The van der Waals surface area contributed by atoms with E-state index in [2.05, 4.69) is 0 Å². The van der Waals surface area contributed by atoms with E-state index in [-0.39, 0.29) is 35.7 Å². The number of carbonyl (C=O) groups is 1. The van der Waals surface area contributed by atoms with Crippen molar-refractivity contribution < 1.29 is 26.9 Å². The fraction of sp³-hybridized carbons (Fsp3) is 0.350. The largest absolute Gasteiger partial charge is 0.497 e. The van der Waals surface area contributed by atoms with E-state index >= 15 is 0 Å². The fourth-order valence-corrected chi connectivity index (χ4v) is 3.54. The molecule has 8 heteroatoms. The first-order chi connectivity index (χ1) is 13.3. The van der Waals surface area contributed by atoms with E-state index in [1.807, 2.05) is 13.8 Å². The van der Waals surface area contributed by atoms with Gasteiger partial charge in [-0.25, -0.2) is 0 Å². The number of rotatable bonds is 9. The molecule has 2 aromatic rings. The lowest BCUT2D eigenvalue weighted by Gasteiger charge is -2.27. The molecule has 0 spiro atoms. The Bertz CT molecular complexity index is 893. The summed E-state index contributed by atoms with van der Waals surface area (Å²) in [4.78, 5) is 13.9. The molecule has 0 saturated heterocycles. The van der Waals surface area contributed by atoms with Crippen LogP contribution < -0.4 is 8.92 Å². The summed E-state index contributed by atoms with van der Waals surface area (Å²) in [5.41, 5.74) is 0.581. The van der Waals surface area contributed by atoms with Gasteiger partial charge in [0.25, 0.3) is 0 Å². The molecular formula is C20H25NO6S. The molecule has 2 aromatic carbocycles. The molecule has 2 rings (SSSR count). The molecule has 0 atom stereocenters. The number of methoxy groups -OCH3 is 2. The van der Waals surface area contributed by atoms with Crippen LogP contribution in [-0.2, 0) is 26.2 Å². The lowest BCUT2D eigenvalue weighted by Crippen LogP contribution is -2.38. The summed E-state index contributed by atoms with van der Waals surface area (Å²) in [5.74, 6) is 0.531. The zero-order valence-electron chi connectivity index (χ0n) is 16.4. The first-order valence-electron chi connectivity index (χ1n) is 8.73. The van der Waals surface area contributed by atoms with Gasteiger partial charge in [-0.3, -0.25) is 4.79 Å². The molecule has 152 valence electrons. The SMILES string of the molecule is COCC(=O)N(Cc1ccccc1OS(=O)(=O)c1ccc(OC)cc1)C(C)C. The van der Waals surface area contributed by atoms with Crippen molar-refractivity contribution in [1.29, 1.82) is 0 Å². The molecule has 0 heterocycles. The molecule has 0 aliphatic carbocycles. The maximum atomic E-state index is 12.6. The quantitative estimate of drug-likeness (QED) is 0.595. The summed E-state index contributed by atoms with van der Waals surface area (Å²) in [5, 5.41) is 0. The lowest BCUT2D eigenvalue weighted by atomic mass is 10.1. The van der Waals surface area contributed by atoms with Crippen LogP contribution in [0.2, 0.25) is 0 Å². The maximum Gasteiger partial charge on any atom is 0.339 e. The minimum atomic E-state index is -4.03. The second kappa shape index (κ2) is 9.57. The Hall–Kier alpha value is -2.58.